The second-order valence-corrected chi connectivity index (χ2v) is 5.36. The Hall–Kier alpha value is -1.49. The summed E-state index contributed by atoms with van der Waals surface area (Å²) in [7, 11) is 0. The minimum absolute atomic E-state index is 0.102. The van der Waals surface area contributed by atoms with Crippen molar-refractivity contribution in [3.8, 4) is 0 Å². The van der Waals surface area contributed by atoms with E-state index >= 15 is 0 Å². The van der Waals surface area contributed by atoms with Crippen molar-refractivity contribution < 1.29 is 9.18 Å². The standard InChI is InChI=1S/C14H17FN2OS/c1-2-9-5-13(18)17(7-9)8-11-4-3-10(14(16)19)6-12(11)15/h3-4,6,9H,2,5,7-8H2,1H3,(H2,16,19). The molecule has 2 rings (SSSR count). The van der Waals surface area contributed by atoms with Crippen molar-refractivity contribution in [2.45, 2.75) is 26.3 Å². The van der Waals surface area contributed by atoms with E-state index in [0.717, 1.165) is 6.42 Å². The molecule has 0 bridgehead atoms. The molecule has 19 heavy (non-hydrogen) atoms. The Labute approximate surface area is 117 Å². The number of nitrogens with two attached hydrogens (primary N) is 1. The van der Waals surface area contributed by atoms with Crippen LogP contribution in [0.25, 0.3) is 0 Å². The van der Waals surface area contributed by atoms with E-state index in [1.165, 1.54) is 6.07 Å². The molecular formula is C14H17FN2OS. The fourth-order valence-corrected chi connectivity index (χ4v) is 2.44. The van der Waals surface area contributed by atoms with Gasteiger partial charge in [-0.2, -0.15) is 0 Å². The molecule has 0 spiro atoms. The van der Waals surface area contributed by atoms with Gasteiger partial charge in [0, 0.05) is 30.6 Å². The highest BCUT2D eigenvalue weighted by Crippen LogP contribution is 2.23. The van der Waals surface area contributed by atoms with Crippen molar-refractivity contribution >= 4 is 23.1 Å². The smallest absolute Gasteiger partial charge is 0.223 e. The summed E-state index contributed by atoms with van der Waals surface area (Å²) in [4.78, 5) is 13.7. The van der Waals surface area contributed by atoms with Crippen LogP contribution in [-0.2, 0) is 11.3 Å². The first kappa shape index (κ1) is 13.9. The van der Waals surface area contributed by atoms with Crippen molar-refractivity contribution in [2.24, 2.45) is 11.7 Å². The monoisotopic (exact) mass is 280 g/mol. The fourth-order valence-electron chi connectivity index (χ4n) is 2.31. The van der Waals surface area contributed by atoms with Crippen LogP contribution in [0.2, 0.25) is 0 Å². The molecule has 0 saturated carbocycles. The molecule has 5 heteroatoms. The summed E-state index contributed by atoms with van der Waals surface area (Å²) in [6.45, 7) is 3.10. The second-order valence-electron chi connectivity index (χ2n) is 4.92. The minimum Gasteiger partial charge on any atom is -0.389 e. The van der Waals surface area contributed by atoms with Crippen LogP contribution >= 0.6 is 12.2 Å². The highest BCUT2D eigenvalue weighted by molar-refractivity contribution is 7.80. The van der Waals surface area contributed by atoms with E-state index in [1.54, 1.807) is 17.0 Å². The normalized spacial score (nSPS) is 18.9. The van der Waals surface area contributed by atoms with Gasteiger partial charge in [-0.15, -0.1) is 0 Å². The zero-order chi connectivity index (χ0) is 14.0. The maximum atomic E-state index is 13.9. The van der Waals surface area contributed by atoms with Crippen LogP contribution in [0.4, 0.5) is 4.39 Å². The van der Waals surface area contributed by atoms with Gasteiger partial charge in [-0.25, -0.2) is 4.39 Å². The van der Waals surface area contributed by atoms with Crippen molar-refractivity contribution in [1.82, 2.24) is 4.90 Å². The summed E-state index contributed by atoms with van der Waals surface area (Å²) in [5, 5.41) is 0. The van der Waals surface area contributed by atoms with E-state index in [1.807, 2.05) is 0 Å². The first-order valence-corrected chi connectivity index (χ1v) is 6.78. The molecule has 2 N–H and O–H groups in total. The Kier molecular flexibility index (Phi) is 4.14. The third-order valence-corrected chi connectivity index (χ3v) is 3.81. The van der Waals surface area contributed by atoms with Crippen LogP contribution in [0.5, 0.6) is 0 Å². The van der Waals surface area contributed by atoms with Crippen LogP contribution in [0, 0.1) is 11.7 Å². The third-order valence-electron chi connectivity index (χ3n) is 3.57. The largest absolute Gasteiger partial charge is 0.389 e. The average molecular weight is 280 g/mol. The molecule has 1 saturated heterocycles. The topological polar surface area (TPSA) is 46.3 Å². The number of carbonyl (C=O) groups is 1. The Morgan fingerprint density at radius 1 is 1.58 bits per heavy atom. The fraction of sp³-hybridized carbons (Fsp3) is 0.429. The Morgan fingerprint density at radius 3 is 2.84 bits per heavy atom. The molecule has 1 unspecified atom stereocenters. The maximum absolute atomic E-state index is 13.9. The number of thiocarbonyl (C=S) groups is 1. The van der Waals surface area contributed by atoms with Crippen molar-refractivity contribution in [1.29, 1.82) is 0 Å². The highest BCUT2D eigenvalue weighted by atomic mass is 32.1. The highest BCUT2D eigenvalue weighted by Gasteiger charge is 2.28. The van der Waals surface area contributed by atoms with Crippen LogP contribution in [0.3, 0.4) is 0 Å². The third kappa shape index (κ3) is 3.10. The van der Waals surface area contributed by atoms with E-state index in [9.17, 15) is 9.18 Å². The number of carbonyl (C=O) groups excluding carboxylic acids is 1. The number of likely N-dealkylation sites (tertiary alicyclic amines) is 1. The Balaban J connectivity index is 2.12. The van der Waals surface area contributed by atoms with Gasteiger partial charge in [-0.05, 0) is 12.0 Å². The van der Waals surface area contributed by atoms with E-state index in [4.69, 9.17) is 18.0 Å². The lowest BCUT2D eigenvalue weighted by molar-refractivity contribution is -0.128. The first-order valence-electron chi connectivity index (χ1n) is 6.37. The minimum atomic E-state index is -0.363. The number of amides is 1. The van der Waals surface area contributed by atoms with E-state index < -0.39 is 0 Å². The van der Waals surface area contributed by atoms with Crippen LogP contribution in [0.1, 0.15) is 30.9 Å². The maximum Gasteiger partial charge on any atom is 0.223 e. The predicted molar refractivity (Wildman–Crippen MR) is 76.1 cm³/mol. The van der Waals surface area contributed by atoms with E-state index in [-0.39, 0.29) is 16.7 Å². The molecular weight excluding hydrogens is 263 g/mol. The molecule has 0 aliphatic carbocycles. The van der Waals surface area contributed by atoms with Gasteiger partial charge in [-0.1, -0.05) is 37.7 Å². The zero-order valence-corrected chi connectivity index (χ0v) is 11.7. The molecule has 0 radical (unpaired) electrons. The molecule has 1 aromatic carbocycles. The predicted octanol–water partition coefficient (Wildman–Crippen LogP) is 2.22. The van der Waals surface area contributed by atoms with Gasteiger partial charge in [0.2, 0.25) is 5.91 Å². The molecule has 1 fully saturated rings. The Morgan fingerprint density at radius 2 is 2.32 bits per heavy atom. The molecule has 3 nitrogen and oxygen atoms in total. The van der Waals surface area contributed by atoms with E-state index in [0.29, 0.717) is 36.6 Å². The Bertz CT molecular complexity index is 518. The lowest BCUT2D eigenvalue weighted by atomic mass is 10.1. The summed E-state index contributed by atoms with van der Waals surface area (Å²) in [5.41, 5.74) is 6.47. The van der Waals surface area contributed by atoms with Gasteiger partial charge < -0.3 is 10.6 Å². The summed E-state index contributed by atoms with van der Waals surface area (Å²) >= 11 is 4.80. The summed E-state index contributed by atoms with van der Waals surface area (Å²) < 4.78 is 13.9. The number of nitrogens with zero attached hydrogens (tertiary/aromatic N) is 1. The molecule has 102 valence electrons. The van der Waals surface area contributed by atoms with Gasteiger partial charge >= 0.3 is 0 Å². The average Bonchev–Trinajstić information content (AvgIpc) is 2.72. The molecule has 1 aromatic rings. The lowest BCUT2D eigenvalue weighted by Gasteiger charge is -2.17. The molecule has 1 atom stereocenters. The van der Waals surface area contributed by atoms with Crippen molar-refractivity contribution in [3.05, 3.63) is 35.1 Å². The molecule has 0 aromatic heterocycles. The van der Waals surface area contributed by atoms with Crippen molar-refractivity contribution in [2.75, 3.05) is 6.54 Å². The quantitative estimate of drug-likeness (QED) is 0.860. The van der Waals surface area contributed by atoms with Gasteiger partial charge in [0.15, 0.2) is 0 Å². The number of benzene rings is 1. The van der Waals surface area contributed by atoms with Gasteiger partial charge in [0.1, 0.15) is 10.8 Å². The zero-order valence-electron chi connectivity index (χ0n) is 10.9. The molecule has 1 amide bonds. The number of hydrogen-bond donors (Lipinski definition) is 1. The molecule has 1 aliphatic rings. The van der Waals surface area contributed by atoms with Crippen LogP contribution in [0.15, 0.2) is 18.2 Å². The van der Waals surface area contributed by atoms with Crippen LogP contribution in [-0.4, -0.2) is 22.3 Å². The lowest BCUT2D eigenvalue weighted by Crippen LogP contribution is -2.25. The van der Waals surface area contributed by atoms with Crippen molar-refractivity contribution in [3.63, 3.8) is 0 Å². The summed E-state index contributed by atoms with van der Waals surface area (Å²) in [5.74, 6) is 0.133. The molecule has 1 aliphatic heterocycles. The summed E-state index contributed by atoms with van der Waals surface area (Å²) in [6.07, 6.45) is 1.55. The van der Waals surface area contributed by atoms with Gasteiger partial charge in [-0.3, -0.25) is 4.79 Å². The number of rotatable bonds is 4. The van der Waals surface area contributed by atoms with Gasteiger partial charge in [0.25, 0.3) is 0 Å². The number of halogens is 1. The summed E-state index contributed by atoms with van der Waals surface area (Å²) in [6, 6.07) is 4.67. The van der Waals surface area contributed by atoms with E-state index in [2.05, 4.69) is 6.92 Å². The first-order chi connectivity index (χ1) is 9.01. The SMILES string of the molecule is CCC1CC(=O)N(Cc2ccc(C(N)=S)cc2F)C1. The van der Waals surface area contributed by atoms with Gasteiger partial charge in [0.05, 0.1) is 0 Å². The molecule has 1 heterocycles. The van der Waals surface area contributed by atoms with Crippen LogP contribution < -0.4 is 5.73 Å². The number of hydrogen-bond acceptors (Lipinski definition) is 2. The second kappa shape index (κ2) is 5.65.